The number of likely N-dealkylation sites (tertiary alicyclic amines) is 1. The SMILES string of the molecule is COc1ccccc1C(CNC(=O)c1cc(N)ccc1C)N1CCCCC1.Cl.Cl. The summed E-state index contributed by atoms with van der Waals surface area (Å²) < 4.78 is 5.59. The third kappa shape index (κ3) is 6.26. The fourth-order valence-corrected chi connectivity index (χ4v) is 3.78. The van der Waals surface area contributed by atoms with Crippen molar-refractivity contribution in [3.8, 4) is 5.75 Å². The first kappa shape index (κ1) is 25.1. The molecule has 1 aliphatic rings. The maximum absolute atomic E-state index is 12.8. The van der Waals surface area contributed by atoms with Gasteiger partial charge in [-0.1, -0.05) is 30.7 Å². The van der Waals surface area contributed by atoms with E-state index in [0.29, 0.717) is 17.8 Å². The number of nitrogen functional groups attached to an aromatic ring is 1. The third-order valence-electron chi connectivity index (χ3n) is 5.29. The maximum atomic E-state index is 12.8. The molecule has 1 aliphatic heterocycles. The van der Waals surface area contributed by atoms with E-state index in [1.807, 2.05) is 37.3 Å². The summed E-state index contributed by atoms with van der Waals surface area (Å²) in [7, 11) is 1.70. The first-order chi connectivity index (χ1) is 13.1. The molecule has 1 amide bonds. The smallest absolute Gasteiger partial charge is 0.251 e. The van der Waals surface area contributed by atoms with Crippen LogP contribution in [-0.4, -0.2) is 37.6 Å². The van der Waals surface area contributed by atoms with Crippen molar-refractivity contribution in [3.63, 3.8) is 0 Å². The van der Waals surface area contributed by atoms with Gasteiger partial charge in [-0.05, 0) is 56.6 Å². The van der Waals surface area contributed by atoms with E-state index >= 15 is 0 Å². The number of para-hydroxylation sites is 1. The number of hydrogen-bond acceptors (Lipinski definition) is 4. The summed E-state index contributed by atoms with van der Waals surface area (Å²) in [5, 5.41) is 3.12. The number of piperidine rings is 1. The Labute approximate surface area is 185 Å². The highest BCUT2D eigenvalue weighted by molar-refractivity contribution is 5.96. The van der Waals surface area contributed by atoms with Gasteiger partial charge in [0.2, 0.25) is 0 Å². The third-order valence-corrected chi connectivity index (χ3v) is 5.29. The Balaban J connectivity index is 0.00000210. The van der Waals surface area contributed by atoms with Gasteiger partial charge in [-0.25, -0.2) is 0 Å². The lowest BCUT2D eigenvalue weighted by Crippen LogP contribution is -2.41. The van der Waals surface area contributed by atoms with Crippen molar-refractivity contribution < 1.29 is 9.53 Å². The Morgan fingerprint density at radius 1 is 1.14 bits per heavy atom. The zero-order valence-electron chi connectivity index (χ0n) is 17.0. The van der Waals surface area contributed by atoms with E-state index in [1.54, 1.807) is 13.2 Å². The second kappa shape index (κ2) is 11.9. The molecule has 1 unspecified atom stereocenters. The molecule has 1 atom stereocenters. The first-order valence-electron chi connectivity index (χ1n) is 9.61. The van der Waals surface area contributed by atoms with Crippen molar-refractivity contribution in [2.24, 2.45) is 0 Å². The Kier molecular flexibility index (Phi) is 10.3. The minimum absolute atomic E-state index is 0. The molecule has 5 nitrogen and oxygen atoms in total. The highest BCUT2D eigenvalue weighted by Gasteiger charge is 2.25. The molecule has 3 N–H and O–H groups in total. The molecular weight excluding hydrogens is 409 g/mol. The van der Waals surface area contributed by atoms with Crippen LogP contribution in [0.1, 0.15) is 46.8 Å². The van der Waals surface area contributed by atoms with Gasteiger partial charge in [-0.15, -0.1) is 24.8 Å². The number of nitrogens with two attached hydrogens (primary N) is 1. The van der Waals surface area contributed by atoms with Gasteiger partial charge in [0, 0.05) is 23.4 Å². The van der Waals surface area contributed by atoms with Crippen molar-refractivity contribution in [1.29, 1.82) is 0 Å². The number of amides is 1. The summed E-state index contributed by atoms with van der Waals surface area (Å²) >= 11 is 0. The number of nitrogens with zero attached hydrogens (tertiary/aromatic N) is 1. The lowest BCUT2D eigenvalue weighted by molar-refractivity contribution is 0.0922. The lowest BCUT2D eigenvalue weighted by atomic mass is 10.00. The number of ether oxygens (including phenoxy) is 1. The monoisotopic (exact) mass is 439 g/mol. The molecule has 1 saturated heterocycles. The largest absolute Gasteiger partial charge is 0.496 e. The number of hydrogen-bond donors (Lipinski definition) is 2. The molecule has 2 aromatic rings. The molecule has 7 heteroatoms. The maximum Gasteiger partial charge on any atom is 0.251 e. The second-order valence-corrected chi connectivity index (χ2v) is 7.14. The molecule has 0 saturated carbocycles. The molecule has 160 valence electrons. The summed E-state index contributed by atoms with van der Waals surface area (Å²) in [5.74, 6) is 0.777. The van der Waals surface area contributed by atoms with Crippen molar-refractivity contribution in [2.75, 3.05) is 32.5 Å². The van der Waals surface area contributed by atoms with Crippen LogP contribution < -0.4 is 15.8 Å². The van der Waals surface area contributed by atoms with E-state index in [9.17, 15) is 4.79 Å². The predicted octanol–water partition coefficient (Wildman–Crippen LogP) is 4.39. The zero-order valence-corrected chi connectivity index (χ0v) is 18.7. The molecule has 0 aliphatic carbocycles. The van der Waals surface area contributed by atoms with Crippen molar-refractivity contribution in [3.05, 3.63) is 59.2 Å². The van der Waals surface area contributed by atoms with Crippen molar-refractivity contribution in [2.45, 2.75) is 32.2 Å². The number of rotatable bonds is 6. The Hall–Kier alpha value is -1.95. The number of halogens is 2. The van der Waals surface area contributed by atoms with Gasteiger partial charge in [0.25, 0.3) is 5.91 Å². The van der Waals surface area contributed by atoms with Gasteiger partial charge >= 0.3 is 0 Å². The Morgan fingerprint density at radius 2 is 1.83 bits per heavy atom. The van der Waals surface area contributed by atoms with Crippen LogP contribution in [-0.2, 0) is 0 Å². The minimum Gasteiger partial charge on any atom is -0.496 e. The number of carbonyl (C=O) groups excluding carboxylic acids is 1. The average Bonchev–Trinajstić information content (AvgIpc) is 2.71. The standard InChI is InChI=1S/C22H29N3O2.2ClH/c1-16-10-11-17(23)14-19(16)22(26)24-15-20(25-12-6-3-7-13-25)18-8-4-5-9-21(18)27-2;;/h4-5,8-11,14,20H,3,6-7,12-13,15,23H2,1-2H3,(H,24,26);2*1H. The van der Waals surface area contributed by atoms with Gasteiger partial charge in [0.1, 0.15) is 5.75 Å². The van der Waals surface area contributed by atoms with Gasteiger partial charge in [0.15, 0.2) is 0 Å². The highest BCUT2D eigenvalue weighted by atomic mass is 35.5. The van der Waals surface area contributed by atoms with Crippen molar-refractivity contribution in [1.82, 2.24) is 10.2 Å². The van der Waals surface area contributed by atoms with E-state index in [2.05, 4.69) is 16.3 Å². The van der Waals surface area contributed by atoms with Crippen LogP contribution in [0.3, 0.4) is 0 Å². The van der Waals surface area contributed by atoms with Gasteiger partial charge in [-0.3, -0.25) is 9.69 Å². The molecule has 29 heavy (non-hydrogen) atoms. The normalized spacial score (nSPS) is 14.8. The summed E-state index contributed by atoms with van der Waals surface area (Å²) in [6, 6.07) is 13.6. The summed E-state index contributed by atoms with van der Waals surface area (Å²) in [5.41, 5.74) is 9.14. The number of methoxy groups -OCH3 is 1. The fourth-order valence-electron chi connectivity index (χ4n) is 3.78. The average molecular weight is 440 g/mol. The molecule has 1 fully saturated rings. The van der Waals surface area contributed by atoms with Crippen LogP contribution >= 0.6 is 24.8 Å². The summed E-state index contributed by atoms with van der Waals surface area (Å²) in [6.07, 6.45) is 3.64. The van der Waals surface area contributed by atoms with Crippen LogP contribution in [0, 0.1) is 6.92 Å². The van der Waals surface area contributed by atoms with Gasteiger partial charge in [-0.2, -0.15) is 0 Å². The van der Waals surface area contributed by atoms with E-state index in [4.69, 9.17) is 10.5 Å². The van der Waals surface area contributed by atoms with Crippen LogP contribution in [0.5, 0.6) is 5.75 Å². The molecule has 1 heterocycles. The van der Waals surface area contributed by atoms with E-state index in [1.165, 1.54) is 19.3 Å². The number of anilines is 1. The topological polar surface area (TPSA) is 67.6 Å². The minimum atomic E-state index is -0.0864. The zero-order chi connectivity index (χ0) is 19.2. The number of carbonyl (C=O) groups is 1. The molecule has 0 radical (unpaired) electrons. The van der Waals surface area contributed by atoms with E-state index in [-0.39, 0.29) is 36.8 Å². The lowest BCUT2D eigenvalue weighted by Gasteiger charge is -2.35. The van der Waals surface area contributed by atoms with Crippen LogP contribution in [0.2, 0.25) is 0 Å². The Morgan fingerprint density at radius 3 is 2.52 bits per heavy atom. The number of aryl methyl sites for hydroxylation is 1. The molecule has 2 aromatic carbocycles. The highest BCUT2D eigenvalue weighted by Crippen LogP contribution is 2.31. The molecule has 0 spiro atoms. The molecule has 3 rings (SSSR count). The summed E-state index contributed by atoms with van der Waals surface area (Å²) in [6.45, 7) is 4.54. The second-order valence-electron chi connectivity index (χ2n) is 7.14. The van der Waals surface area contributed by atoms with E-state index < -0.39 is 0 Å². The van der Waals surface area contributed by atoms with Crippen LogP contribution in [0.4, 0.5) is 5.69 Å². The molecule has 0 bridgehead atoms. The van der Waals surface area contributed by atoms with Crippen molar-refractivity contribution >= 4 is 36.4 Å². The number of nitrogens with one attached hydrogen (secondary N) is 1. The van der Waals surface area contributed by atoms with Gasteiger partial charge < -0.3 is 15.8 Å². The van der Waals surface area contributed by atoms with Crippen LogP contribution in [0.15, 0.2) is 42.5 Å². The van der Waals surface area contributed by atoms with Gasteiger partial charge in [0.05, 0.1) is 13.2 Å². The van der Waals surface area contributed by atoms with Crippen LogP contribution in [0.25, 0.3) is 0 Å². The molecule has 0 aromatic heterocycles. The quantitative estimate of drug-likeness (QED) is 0.654. The predicted molar refractivity (Wildman–Crippen MR) is 124 cm³/mol. The molecular formula is C22H31Cl2N3O2. The number of benzene rings is 2. The Bertz CT molecular complexity index is 795. The van der Waals surface area contributed by atoms with E-state index in [0.717, 1.165) is 30.0 Å². The summed E-state index contributed by atoms with van der Waals surface area (Å²) in [4.78, 5) is 15.2. The fraction of sp³-hybridized carbons (Fsp3) is 0.409. The first-order valence-corrected chi connectivity index (χ1v) is 9.61.